The van der Waals surface area contributed by atoms with Crippen LogP contribution in [0.3, 0.4) is 0 Å². The molecule has 2 N–H and O–H groups in total. The van der Waals surface area contributed by atoms with Crippen molar-refractivity contribution in [2.24, 2.45) is 0 Å². The fraction of sp³-hybridized carbons (Fsp3) is 0.111. The zero-order chi connectivity index (χ0) is 7.68. The van der Waals surface area contributed by atoms with E-state index >= 15 is 0 Å². The second-order valence-electron chi connectivity index (χ2n) is 2.57. The van der Waals surface area contributed by atoms with Gasteiger partial charge in [0, 0.05) is 0 Å². The van der Waals surface area contributed by atoms with Crippen LogP contribution in [0.25, 0.3) is 0 Å². The molecule has 0 bridgehead atoms. The first kappa shape index (κ1) is 6.43. The second-order valence-corrected chi connectivity index (χ2v) is 2.57. The normalized spacial score (nSPS) is 20.5. The van der Waals surface area contributed by atoms with Crippen molar-refractivity contribution in [2.75, 3.05) is 5.43 Å². The van der Waals surface area contributed by atoms with Crippen LogP contribution < -0.4 is 10.9 Å². The lowest BCUT2D eigenvalue weighted by atomic mass is 10.1. The molecule has 2 nitrogen and oxygen atoms in total. The highest BCUT2D eigenvalue weighted by atomic mass is 15.4. The van der Waals surface area contributed by atoms with Crippen molar-refractivity contribution >= 4 is 5.69 Å². The van der Waals surface area contributed by atoms with Crippen LogP contribution in [-0.4, -0.2) is 0 Å². The first-order chi connectivity index (χ1) is 5.42. The Kier molecular flexibility index (Phi) is 1.40. The third kappa shape index (κ3) is 0.917. The number of hydrogen-bond donors (Lipinski definition) is 2. The van der Waals surface area contributed by atoms with Crippen LogP contribution in [0.4, 0.5) is 5.69 Å². The summed E-state index contributed by atoms with van der Waals surface area (Å²) in [6.45, 7) is 3.74. The van der Waals surface area contributed by atoms with Crippen molar-refractivity contribution < 1.29 is 0 Å². The van der Waals surface area contributed by atoms with Gasteiger partial charge in [0.05, 0.1) is 11.7 Å². The Morgan fingerprint density at radius 3 is 3.00 bits per heavy atom. The third-order valence-electron chi connectivity index (χ3n) is 1.89. The Hall–Kier alpha value is -1.28. The molecule has 0 amide bonds. The zero-order valence-electron chi connectivity index (χ0n) is 6.17. The molecule has 11 heavy (non-hydrogen) atoms. The summed E-state index contributed by atoms with van der Waals surface area (Å²) < 4.78 is 0. The Balaban J connectivity index is 2.46. The van der Waals surface area contributed by atoms with E-state index in [0.717, 1.165) is 5.69 Å². The highest BCUT2D eigenvalue weighted by molar-refractivity contribution is 5.56. The minimum Gasteiger partial charge on any atom is -0.320 e. The number of rotatable bonds is 1. The van der Waals surface area contributed by atoms with Gasteiger partial charge in [-0.1, -0.05) is 24.3 Å². The molecule has 0 fully saturated rings. The van der Waals surface area contributed by atoms with Gasteiger partial charge in [0.15, 0.2) is 0 Å². The maximum Gasteiger partial charge on any atom is 0.0708 e. The molecule has 0 saturated heterocycles. The van der Waals surface area contributed by atoms with Gasteiger partial charge < -0.3 is 5.43 Å². The largest absolute Gasteiger partial charge is 0.320 e. The maximum absolute atomic E-state index is 3.74. The van der Waals surface area contributed by atoms with Crippen molar-refractivity contribution in [3.63, 3.8) is 0 Å². The third-order valence-corrected chi connectivity index (χ3v) is 1.89. The van der Waals surface area contributed by atoms with E-state index in [-0.39, 0.29) is 6.04 Å². The van der Waals surface area contributed by atoms with Gasteiger partial charge >= 0.3 is 0 Å². The van der Waals surface area contributed by atoms with Crippen LogP contribution in [0.2, 0.25) is 0 Å². The Morgan fingerprint density at radius 2 is 2.18 bits per heavy atom. The molecule has 1 aromatic carbocycles. The van der Waals surface area contributed by atoms with Crippen molar-refractivity contribution in [3.8, 4) is 0 Å². The molecule has 56 valence electrons. The standard InChI is InChI=1S/C9H10N2/c1-2-8-7-5-3-4-6-9(7)11-10-8/h2-6,8,10-11H,1H2. The van der Waals surface area contributed by atoms with Crippen LogP contribution in [0, 0.1) is 0 Å². The SMILES string of the molecule is C=CC1NNc2ccccc21. The number of hydrogen-bond acceptors (Lipinski definition) is 2. The molecule has 1 heterocycles. The summed E-state index contributed by atoms with van der Waals surface area (Å²) in [4.78, 5) is 0. The fourth-order valence-corrected chi connectivity index (χ4v) is 1.30. The lowest BCUT2D eigenvalue weighted by Crippen LogP contribution is -2.16. The molecule has 1 aliphatic heterocycles. The monoisotopic (exact) mass is 146 g/mol. The molecule has 0 aliphatic carbocycles. The van der Waals surface area contributed by atoms with Gasteiger partial charge in [-0.2, -0.15) is 0 Å². The molecule has 1 aromatic rings. The molecular weight excluding hydrogens is 136 g/mol. The van der Waals surface area contributed by atoms with Crippen molar-refractivity contribution in [3.05, 3.63) is 42.5 Å². The smallest absolute Gasteiger partial charge is 0.0708 e. The Morgan fingerprint density at radius 1 is 1.36 bits per heavy atom. The minimum atomic E-state index is 0.256. The van der Waals surface area contributed by atoms with Gasteiger partial charge in [-0.15, -0.1) is 6.58 Å². The highest BCUT2D eigenvalue weighted by Gasteiger charge is 2.16. The van der Waals surface area contributed by atoms with Gasteiger partial charge in [0.25, 0.3) is 0 Å². The Bertz CT molecular complexity index is 281. The lowest BCUT2D eigenvalue weighted by Gasteiger charge is -2.01. The van der Waals surface area contributed by atoms with E-state index in [4.69, 9.17) is 0 Å². The fourth-order valence-electron chi connectivity index (χ4n) is 1.30. The van der Waals surface area contributed by atoms with E-state index in [1.165, 1.54) is 5.56 Å². The van der Waals surface area contributed by atoms with Crippen LogP contribution in [-0.2, 0) is 0 Å². The molecule has 0 saturated carbocycles. The summed E-state index contributed by atoms with van der Waals surface area (Å²) in [5.41, 5.74) is 8.60. The average Bonchev–Trinajstić information content (AvgIpc) is 2.47. The van der Waals surface area contributed by atoms with Crippen LogP contribution in [0.5, 0.6) is 0 Å². The summed E-state index contributed by atoms with van der Waals surface area (Å²) in [5, 5.41) is 0. The first-order valence-corrected chi connectivity index (χ1v) is 3.65. The number of benzene rings is 1. The van der Waals surface area contributed by atoms with E-state index in [9.17, 15) is 0 Å². The van der Waals surface area contributed by atoms with Crippen LogP contribution in [0.1, 0.15) is 11.6 Å². The summed E-state index contributed by atoms with van der Waals surface area (Å²) in [6, 6.07) is 8.44. The zero-order valence-corrected chi connectivity index (χ0v) is 6.17. The van der Waals surface area contributed by atoms with Gasteiger partial charge in [-0.25, -0.2) is 5.43 Å². The maximum atomic E-state index is 3.74. The van der Waals surface area contributed by atoms with E-state index < -0.39 is 0 Å². The van der Waals surface area contributed by atoms with Crippen molar-refractivity contribution in [2.45, 2.75) is 6.04 Å². The van der Waals surface area contributed by atoms with Gasteiger partial charge in [-0.3, -0.25) is 0 Å². The molecular formula is C9H10N2. The molecule has 1 aliphatic rings. The van der Waals surface area contributed by atoms with Gasteiger partial charge in [0.2, 0.25) is 0 Å². The number of hydrazine groups is 1. The summed E-state index contributed by atoms with van der Waals surface area (Å²) in [6.07, 6.45) is 1.89. The van der Waals surface area contributed by atoms with E-state index in [1.807, 2.05) is 24.3 Å². The number of para-hydroxylation sites is 1. The highest BCUT2D eigenvalue weighted by Crippen LogP contribution is 2.27. The van der Waals surface area contributed by atoms with Crippen molar-refractivity contribution in [1.29, 1.82) is 0 Å². The average molecular weight is 146 g/mol. The van der Waals surface area contributed by atoms with Gasteiger partial charge in [0.1, 0.15) is 0 Å². The van der Waals surface area contributed by atoms with E-state index in [0.29, 0.717) is 0 Å². The predicted molar refractivity (Wildman–Crippen MR) is 46.1 cm³/mol. The first-order valence-electron chi connectivity index (χ1n) is 3.65. The minimum absolute atomic E-state index is 0.256. The lowest BCUT2D eigenvalue weighted by molar-refractivity contribution is 0.755. The molecule has 2 heteroatoms. The van der Waals surface area contributed by atoms with Gasteiger partial charge in [-0.05, 0) is 11.6 Å². The molecule has 1 unspecified atom stereocenters. The molecule has 0 aromatic heterocycles. The Labute approximate surface area is 65.9 Å². The van der Waals surface area contributed by atoms with E-state index in [1.54, 1.807) is 0 Å². The quantitative estimate of drug-likeness (QED) is 0.591. The predicted octanol–water partition coefficient (Wildman–Crippen LogP) is 1.84. The molecule has 0 radical (unpaired) electrons. The topological polar surface area (TPSA) is 24.1 Å². The number of nitrogens with one attached hydrogen (secondary N) is 2. The number of fused-ring (bicyclic) bond motifs is 1. The van der Waals surface area contributed by atoms with E-state index in [2.05, 4.69) is 23.5 Å². The van der Waals surface area contributed by atoms with Crippen LogP contribution >= 0.6 is 0 Å². The molecule has 1 atom stereocenters. The summed E-state index contributed by atoms with van der Waals surface area (Å²) in [5.74, 6) is 0. The van der Waals surface area contributed by atoms with Crippen LogP contribution in [0.15, 0.2) is 36.9 Å². The molecule has 2 rings (SSSR count). The number of anilines is 1. The molecule has 0 spiro atoms. The second kappa shape index (κ2) is 2.40. The summed E-state index contributed by atoms with van der Waals surface area (Å²) >= 11 is 0. The summed E-state index contributed by atoms with van der Waals surface area (Å²) in [7, 11) is 0. The van der Waals surface area contributed by atoms with Crippen molar-refractivity contribution in [1.82, 2.24) is 5.43 Å².